The van der Waals surface area contributed by atoms with E-state index >= 15 is 0 Å². The lowest BCUT2D eigenvalue weighted by atomic mass is 10.0. The van der Waals surface area contributed by atoms with Gasteiger partial charge in [-0.05, 0) is 31.6 Å². The summed E-state index contributed by atoms with van der Waals surface area (Å²) in [6, 6.07) is -0.266. The van der Waals surface area contributed by atoms with E-state index in [0.29, 0.717) is 18.5 Å². The number of carboxylic acid groups (broad SMARTS) is 1. The van der Waals surface area contributed by atoms with Crippen molar-refractivity contribution in [3.05, 3.63) is 0 Å². The van der Waals surface area contributed by atoms with Crippen LogP contribution < -0.4 is 5.32 Å². The van der Waals surface area contributed by atoms with Gasteiger partial charge in [0.15, 0.2) is 0 Å². The highest BCUT2D eigenvalue weighted by Crippen LogP contribution is 2.48. The third kappa shape index (κ3) is 4.24. The number of nitrogens with one attached hydrogen (secondary N) is 1. The maximum absolute atomic E-state index is 11.7. The maximum atomic E-state index is 11.7. The zero-order valence-corrected chi connectivity index (χ0v) is 10.7. The third-order valence-electron chi connectivity index (χ3n) is 3.35. The van der Waals surface area contributed by atoms with Crippen molar-refractivity contribution in [2.45, 2.75) is 39.5 Å². The molecular weight excluding hydrogens is 220 g/mol. The molecular formula is C12H22N2O3. The van der Waals surface area contributed by atoms with E-state index in [1.807, 2.05) is 0 Å². The van der Waals surface area contributed by atoms with E-state index in [1.165, 1.54) is 17.7 Å². The van der Waals surface area contributed by atoms with Crippen LogP contribution in [0.4, 0.5) is 4.79 Å². The third-order valence-corrected chi connectivity index (χ3v) is 3.35. The molecule has 0 aromatic heterocycles. The molecule has 1 aliphatic carbocycles. The summed E-state index contributed by atoms with van der Waals surface area (Å²) >= 11 is 0. The smallest absolute Gasteiger partial charge is 0.323 e. The molecule has 2 N–H and O–H groups in total. The zero-order valence-electron chi connectivity index (χ0n) is 10.7. The average molecular weight is 242 g/mol. The van der Waals surface area contributed by atoms with Gasteiger partial charge in [0.1, 0.15) is 6.54 Å². The second-order valence-electron chi connectivity index (χ2n) is 4.82. The van der Waals surface area contributed by atoms with Gasteiger partial charge in [-0.15, -0.1) is 0 Å². The summed E-state index contributed by atoms with van der Waals surface area (Å²) in [5.74, 6) is -0.975. The Hall–Kier alpha value is -1.26. The molecule has 0 aliphatic heterocycles. The molecule has 1 saturated carbocycles. The van der Waals surface area contributed by atoms with Crippen LogP contribution in [-0.2, 0) is 4.79 Å². The van der Waals surface area contributed by atoms with Gasteiger partial charge >= 0.3 is 12.0 Å². The predicted molar refractivity (Wildman–Crippen MR) is 64.9 cm³/mol. The lowest BCUT2D eigenvalue weighted by Gasteiger charge is -2.21. The lowest BCUT2D eigenvalue weighted by Crippen LogP contribution is -2.44. The van der Waals surface area contributed by atoms with Crippen LogP contribution in [0.3, 0.4) is 0 Å². The first-order chi connectivity index (χ1) is 8.03. The number of carbonyl (C=O) groups is 2. The molecule has 5 heteroatoms. The number of nitrogens with zero attached hydrogens (tertiary/aromatic N) is 1. The topological polar surface area (TPSA) is 69.6 Å². The van der Waals surface area contributed by atoms with Crippen molar-refractivity contribution in [1.82, 2.24) is 10.2 Å². The van der Waals surface area contributed by atoms with Crippen LogP contribution in [0.15, 0.2) is 0 Å². The molecule has 98 valence electrons. The number of likely N-dealkylation sites (N-methyl/N-ethyl adjacent to an activating group) is 1. The van der Waals surface area contributed by atoms with Gasteiger partial charge in [0, 0.05) is 13.1 Å². The summed E-state index contributed by atoms with van der Waals surface area (Å²) in [5.41, 5.74) is 0.299. The molecule has 0 atom stereocenters. The Bertz CT molecular complexity index is 287. The SMILES string of the molecule is CCCC1(CNC(=O)N(CC)CC(=O)O)CC1. The first kappa shape index (κ1) is 13.8. The summed E-state index contributed by atoms with van der Waals surface area (Å²) in [6.07, 6.45) is 4.61. The van der Waals surface area contributed by atoms with Crippen LogP contribution in [0.1, 0.15) is 39.5 Å². The van der Waals surface area contributed by atoms with Gasteiger partial charge in [0.05, 0.1) is 0 Å². The van der Waals surface area contributed by atoms with Gasteiger partial charge < -0.3 is 15.3 Å². The molecule has 0 spiro atoms. The largest absolute Gasteiger partial charge is 0.480 e. The molecule has 0 saturated heterocycles. The van der Waals surface area contributed by atoms with Crippen LogP contribution in [0.5, 0.6) is 0 Å². The normalized spacial score (nSPS) is 16.4. The summed E-state index contributed by atoms with van der Waals surface area (Å²) < 4.78 is 0. The molecule has 0 radical (unpaired) electrons. The van der Waals surface area contributed by atoms with Gasteiger partial charge in [-0.2, -0.15) is 0 Å². The van der Waals surface area contributed by atoms with E-state index in [4.69, 9.17) is 5.11 Å². The van der Waals surface area contributed by atoms with Crippen molar-refractivity contribution in [3.8, 4) is 0 Å². The minimum absolute atomic E-state index is 0.233. The van der Waals surface area contributed by atoms with Gasteiger partial charge in [0.25, 0.3) is 0 Å². The number of aliphatic carboxylic acids is 1. The van der Waals surface area contributed by atoms with Gasteiger partial charge in [0.2, 0.25) is 0 Å². The van der Waals surface area contributed by atoms with Crippen LogP contribution >= 0.6 is 0 Å². The van der Waals surface area contributed by atoms with Crippen LogP contribution in [-0.4, -0.2) is 41.6 Å². The quantitative estimate of drug-likeness (QED) is 0.713. The minimum atomic E-state index is -0.975. The summed E-state index contributed by atoms with van der Waals surface area (Å²) in [6.45, 7) is 4.78. The fourth-order valence-electron chi connectivity index (χ4n) is 2.09. The maximum Gasteiger partial charge on any atom is 0.323 e. The van der Waals surface area contributed by atoms with E-state index in [1.54, 1.807) is 6.92 Å². The molecule has 0 bridgehead atoms. The number of urea groups is 1. The number of carbonyl (C=O) groups excluding carboxylic acids is 1. The molecule has 0 aromatic rings. The Labute approximate surface area is 102 Å². The van der Waals surface area contributed by atoms with Gasteiger partial charge in [-0.25, -0.2) is 4.79 Å². The van der Waals surface area contributed by atoms with Crippen LogP contribution in [0, 0.1) is 5.41 Å². The molecule has 5 nitrogen and oxygen atoms in total. The molecule has 1 fully saturated rings. The second-order valence-corrected chi connectivity index (χ2v) is 4.82. The first-order valence-corrected chi connectivity index (χ1v) is 6.27. The zero-order chi connectivity index (χ0) is 12.9. The van der Waals surface area contributed by atoms with Crippen LogP contribution in [0.2, 0.25) is 0 Å². The highest BCUT2D eigenvalue weighted by molar-refractivity contribution is 5.80. The Morgan fingerprint density at radius 1 is 1.35 bits per heavy atom. The number of carboxylic acids is 1. The Morgan fingerprint density at radius 3 is 2.41 bits per heavy atom. The van der Waals surface area contributed by atoms with E-state index in [9.17, 15) is 9.59 Å². The standard InChI is InChI=1S/C12H22N2O3/c1-3-5-12(6-7-12)9-13-11(17)14(4-2)8-10(15)16/h3-9H2,1-2H3,(H,13,17)(H,15,16). The van der Waals surface area contributed by atoms with E-state index < -0.39 is 5.97 Å². The summed E-state index contributed by atoms with van der Waals surface area (Å²) in [4.78, 5) is 23.6. The number of hydrogen-bond donors (Lipinski definition) is 2. The number of amides is 2. The molecule has 2 amide bonds. The summed E-state index contributed by atoms with van der Waals surface area (Å²) in [5, 5.41) is 11.5. The molecule has 1 rings (SSSR count). The molecule has 0 unspecified atom stereocenters. The van der Waals surface area contributed by atoms with Gasteiger partial charge in [-0.3, -0.25) is 4.79 Å². The highest BCUT2D eigenvalue weighted by atomic mass is 16.4. The molecule has 1 aliphatic rings. The lowest BCUT2D eigenvalue weighted by molar-refractivity contribution is -0.137. The van der Waals surface area contributed by atoms with E-state index in [0.717, 1.165) is 12.8 Å². The van der Waals surface area contributed by atoms with E-state index in [2.05, 4.69) is 12.2 Å². The van der Waals surface area contributed by atoms with Crippen molar-refractivity contribution in [2.75, 3.05) is 19.6 Å². The van der Waals surface area contributed by atoms with Crippen molar-refractivity contribution in [3.63, 3.8) is 0 Å². The Kier molecular flexibility index (Phi) is 4.78. The summed E-state index contributed by atoms with van der Waals surface area (Å²) in [7, 11) is 0. The fourth-order valence-corrected chi connectivity index (χ4v) is 2.09. The average Bonchev–Trinajstić information content (AvgIpc) is 3.03. The van der Waals surface area contributed by atoms with Crippen molar-refractivity contribution >= 4 is 12.0 Å². The molecule has 17 heavy (non-hydrogen) atoms. The van der Waals surface area contributed by atoms with Crippen molar-refractivity contribution in [1.29, 1.82) is 0 Å². The fraction of sp³-hybridized carbons (Fsp3) is 0.833. The monoisotopic (exact) mass is 242 g/mol. The van der Waals surface area contributed by atoms with E-state index in [-0.39, 0.29) is 12.6 Å². The Balaban J connectivity index is 2.35. The number of rotatable bonds is 7. The Morgan fingerprint density at radius 2 is 2.00 bits per heavy atom. The minimum Gasteiger partial charge on any atom is -0.480 e. The number of hydrogen-bond acceptors (Lipinski definition) is 2. The van der Waals surface area contributed by atoms with Gasteiger partial charge in [-0.1, -0.05) is 13.3 Å². The van der Waals surface area contributed by atoms with Crippen LogP contribution in [0.25, 0.3) is 0 Å². The van der Waals surface area contributed by atoms with Crippen molar-refractivity contribution < 1.29 is 14.7 Å². The van der Waals surface area contributed by atoms with Crippen molar-refractivity contribution in [2.24, 2.45) is 5.41 Å². The second kappa shape index (κ2) is 5.89. The molecule has 0 heterocycles. The first-order valence-electron chi connectivity index (χ1n) is 6.27. The molecule has 0 aromatic carbocycles. The predicted octanol–water partition coefficient (Wildman–Crippen LogP) is 1.68. The highest BCUT2D eigenvalue weighted by Gasteiger charge is 2.41.